The minimum atomic E-state index is -0.641. The molecule has 1 saturated carbocycles. The number of halogens is 1. The van der Waals surface area contributed by atoms with Gasteiger partial charge >= 0.3 is 5.97 Å². The van der Waals surface area contributed by atoms with Crippen molar-refractivity contribution in [3.63, 3.8) is 0 Å². The lowest BCUT2D eigenvalue weighted by atomic mass is 10.1. The molecule has 0 bridgehead atoms. The molecular weight excluding hydrogens is 166 g/mol. The smallest absolute Gasteiger partial charge is 0.306 e. The highest BCUT2D eigenvalue weighted by atomic mass is 35.5. The summed E-state index contributed by atoms with van der Waals surface area (Å²) in [6, 6.07) is 0.432. The molecule has 66 valence electrons. The molecule has 0 aromatic carbocycles. The normalized spacial score (nSPS) is 29.5. The van der Waals surface area contributed by atoms with Crippen molar-refractivity contribution < 1.29 is 9.90 Å². The van der Waals surface area contributed by atoms with E-state index in [0.717, 1.165) is 19.3 Å². The molecule has 1 aliphatic carbocycles. The van der Waals surface area contributed by atoms with Crippen LogP contribution in [0, 0.1) is 5.92 Å². The molecule has 0 aromatic rings. The Kier molecular flexibility index (Phi) is 4.45. The molecule has 0 saturated heterocycles. The van der Waals surface area contributed by atoms with Crippen LogP contribution in [0.1, 0.15) is 19.3 Å². The molecule has 1 rings (SSSR count). The van der Waals surface area contributed by atoms with E-state index in [0.29, 0.717) is 6.04 Å². The Morgan fingerprint density at radius 3 is 2.45 bits per heavy atom. The van der Waals surface area contributed by atoms with Gasteiger partial charge < -0.3 is 10.4 Å². The van der Waals surface area contributed by atoms with Gasteiger partial charge in [-0.25, -0.2) is 0 Å². The van der Waals surface area contributed by atoms with E-state index in [1.54, 1.807) is 0 Å². The zero-order valence-corrected chi connectivity index (χ0v) is 7.36. The minimum Gasteiger partial charge on any atom is -0.481 e. The van der Waals surface area contributed by atoms with Crippen LogP contribution in [-0.2, 0) is 4.79 Å². The van der Waals surface area contributed by atoms with Gasteiger partial charge in [0.15, 0.2) is 0 Å². The second-order valence-electron chi connectivity index (χ2n) is 2.83. The van der Waals surface area contributed by atoms with Gasteiger partial charge in [-0.1, -0.05) is 0 Å². The molecule has 1 aliphatic rings. The first-order chi connectivity index (χ1) is 4.74. The molecule has 0 heterocycles. The number of rotatable bonds is 2. The van der Waals surface area contributed by atoms with E-state index in [1.807, 2.05) is 7.05 Å². The quantitative estimate of drug-likeness (QED) is 0.662. The maximum Gasteiger partial charge on any atom is 0.306 e. The van der Waals surface area contributed by atoms with Crippen LogP contribution < -0.4 is 5.32 Å². The lowest BCUT2D eigenvalue weighted by molar-refractivity contribution is -0.141. The van der Waals surface area contributed by atoms with Crippen LogP contribution in [-0.4, -0.2) is 24.2 Å². The molecule has 11 heavy (non-hydrogen) atoms. The largest absolute Gasteiger partial charge is 0.481 e. The van der Waals surface area contributed by atoms with E-state index in [4.69, 9.17) is 5.11 Å². The van der Waals surface area contributed by atoms with Gasteiger partial charge in [0.1, 0.15) is 0 Å². The molecule has 3 nitrogen and oxygen atoms in total. The maximum absolute atomic E-state index is 10.4. The molecule has 0 aromatic heterocycles. The lowest BCUT2D eigenvalue weighted by Crippen LogP contribution is -2.22. The summed E-state index contributed by atoms with van der Waals surface area (Å²) in [5.74, 6) is -0.741. The third kappa shape index (κ3) is 2.67. The Balaban J connectivity index is 0.000001000. The first-order valence-electron chi connectivity index (χ1n) is 3.64. The van der Waals surface area contributed by atoms with Crippen LogP contribution in [0.15, 0.2) is 0 Å². The molecule has 0 radical (unpaired) electrons. The molecule has 4 heteroatoms. The summed E-state index contributed by atoms with van der Waals surface area (Å²) < 4.78 is 0. The zero-order valence-electron chi connectivity index (χ0n) is 6.54. The predicted molar refractivity (Wildman–Crippen MR) is 45.1 cm³/mol. The van der Waals surface area contributed by atoms with E-state index in [2.05, 4.69) is 5.32 Å². The van der Waals surface area contributed by atoms with Gasteiger partial charge in [-0.15, -0.1) is 12.4 Å². The number of carboxylic acid groups (broad SMARTS) is 1. The van der Waals surface area contributed by atoms with Crippen LogP contribution in [0.2, 0.25) is 0 Å². The zero-order chi connectivity index (χ0) is 7.56. The molecular formula is C7H14ClNO2. The summed E-state index contributed by atoms with van der Waals surface area (Å²) in [4.78, 5) is 10.4. The standard InChI is InChI=1S/C7H13NO2.ClH/c1-8-6-3-2-5(4-6)7(9)10;/h5-6,8H,2-4H2,1H3,(H,9,10);1H. The summed E-state index contributed by atoms with van der Waals surface area (Å²) in [7, 11) is 1.88. The van der Waals surface area contributed by atoms with Crippen molar-refractivity contribution >= 4 is 18.4 Å². The van der Waals surface area contributed by atoms with Crippen molar-refractivity contribution in [1.82, 2.24) is 5.32 Å². The van der Waals surface area contributed by atoms with Gasteiger partial charge in [-0.2, -0.15) is 0 Å². The van der Waals surface area contributed by atoms with Gasteiger partial charge in [0.2, 0.25) is 0 Å². The summed E-state index contributed by atoms with van der Waals surface area (Å²) in [6.07, 6.45) is 2.64. The van der Waals surface area contributed by atoms with Crippen molar-refractivity contribution in [3.05, 3.63) is 0 Å². The van der Waals surface area contributed by atoms with E-state index in [9.17, 15) is 4.79 Å². The highest BCUT2D eigenvalue weighted by Crippen LogP contribution is 2.24. The Morgan fingerprint density at radius 1 is 1.55 bits per heavy atom. The number of carbonyl (C=O) groups is 1. The Hall–Kier alpha value is -0.280. The Morgan fingerprint density at radius 2 is 2.18 bits per heavy atom. The fourth-order valence-electron chi connectivity index (χ4n) is 1.47. The monoisotopic (exact) mass is 179 g/mol. The second kappa shape index (κ2) is 4.57. The van der Waals surface area contributed by atoms with Crippen molar-refractivity contribution in [2.24, 2.45) is 5.92 Å². The van der Waals surface area contributed by atoms with Crippen molar-refractivity contribution in [1.29, 1.82) is 0 Å². The first-order valence-corrected chi connectivity index (χ1v) is 3.64. The van der Waals surface area contributed by atoms with Gasteiger partial charge in [0.05, 0.1) is 5.92 Å². The predicted octanol–water partition coefficient (Wildman–Crippen LogP) is 0.881. The number of nitrogens with one attached hydrogen (secondary N) is 1. The van der Waals surface area contributed by atoms with Crippen LogP contribution in [0.3, 0.4) is 0 Å². The van der Waals surface area contributed by atoms with E-state index >= 15 is 0 Å². The van der Waals surface area contributed by atoms with E-state index in [1.165, 1.54) is 0 Å². The number of hydrogen-bond donors (Lipinski definition) is 2. The number of carboxylic acids is 1. The molecule has 2 unspecified atom stereocenters. The van der Waals surface area contributed by atoms with Gasteiger partial charge in [0, 0.05) is 6.04 Å². The van der Waals surface area contributed by atoms with E-state index in [-0.39, 0.29) is 18.3 Å². The second-order valence-corrected chi connectivity index (χ2v) is 2.83. The SMILES string of the molecule is CNC1CCC(C(=O)O)C1.Cl. The first kappa shape index (κ1) is 10.7. The Bertz CT molecular complexity index is 140. The molecule has 0 amide bonds. The highest BCUT2D eigenvalue weighted by Gasteiger charge is 2.28. The van der Waals surface area contributed by atoms with Crippen LogP contribution in [0.25, 0.3) is 0 Å². The Labute approximate surface area is 72.6 Å². The summed E-state index contributed by atoms with van der Waals surface area (Å²) in [5.41, 5.74) is 0. The molecule has 2 N–H and O–H groups in total. The number of hydrogen-bond acceptors (Lipinski definition) is 2. The minimum absolute atomic E-state index is 0. The molecule has 0 spiro atoms. The maximum atomic E-state index is 10.4. The fraction of sp³-hybridized carbons (Fsp3) is 0.857. The van der Waals surface area contributed by atoms with Gasteiger partial charge in [-0.05, 0) is 26.3 Å². The average Bonchev–Trinajstić information content (AvgIpc) is 2.34. The molecule has 0 aliphatic heterocycles. The summed E-state index contributed by atoms with van der Waals surface area (Å²) in [6.45, 7) is 0. The summed E-state index contributed by atoms with van der Waals surface area (Å²) in [5, 5.41) is 11.7. The van der Waals surface area contributed by atoms with Gasteiger partial charge in [0.25, 0.3) is 0 Å². The van der Waals surface area contributed by atoms with Crippen LogP contribution in [0.5, 0.6) is 0 Å². The van der Waals surface area contributed by atoms with Crippen molar-refractivity contribution in [2.45, 2.75) is 25.3 Å². The van der Waals surface area contributed by atoms with Gasteiger partial charge in [-0.3, -0.25) is 4.79 Å². The van der Waals surface area contributed by atoms with Crippen molar-refractivity contribution in [3.8, 4) is 0 Å². The third-order valence-corrected chi connectivity index (χ3v) is 2.19. The van der Waals surface area contributed by atoms with Crippen molar-refractivity contribution in [2.75, 3.05) is 7.05 Å². The summed E-state index contributed by atoms with van der Waals surface area (Å²) >= 11 is 0. The van der Waals surface area contributed by atoms with Crippen LogP contribution in [0.4, 0.5) is 0 Å². The average molecular weight is 180 g/mol. The number of aliphatic carboxylic acids is 1. The third-order valence-electron chi connectivity index (χ3n) is 2.19. The fourth-order valence-corrected chi connectivity index (χ4v) is 1.47. The topological polar surface area (TPSA) is 49.3 Å². The lowest BCUT2D eigenvalue weighted by Gasteiger charge is -2.05. The molecule has 2 atom stereocenters. The van der Waals surface area contributed by atoms with E-state index < -0.39 is 5.97 Å². The van der Waals surface area contributed by atoms with Crippen LogP contribution >= 0.6 is 12.4 Å². The highest BCUT2D eigenvalue weighted by molar-refractivity contribution is 5.85. The molecule has 1 fully saturated rings.